The summed E-state index contributed by atoms with van der Waals surface area (Å²) in [6.07, 6.45) is 0. The van der Waals surface area contributed by atoms with E-state index < -0.39 is 5.60 Å². The van der Waals surface area contributed by atoms with E-state index >= 15 is 0 Å². The molecule has 1 N–H and O–H groups in total. The Morgan fingerprint density at radius 1 is 1.21 bits per heavy atom. The number of rotatable bonds is 3. The van der Waals surface area contributed by atoms with Crippen molar-refractivity contribution < 1.29 is 5.11 Å². The Bertz CT molecular complexity index is 172. The van der Waals surface area contributed by atoms with E-state index in [0.717, 1.165) is 32.7 Å². The molecule has 1 saturated heterocycles. The zero-order valence-electron chi connectivity index (χ0n) is 9.95. The van der Waals surface area contributed by atoms with E-state index in [1.54, 1.807) is 0 Å². The van der Waals surface area contributed by atoms with E-state index in [4.69, 9.17) is 0 Å². The van der Waals surface area contributed by atoms with Crippen molar-refractivity contribution >= 4 is 0 Å². The molecule has 0 aromatic rings. The quantitative estimate of drug-likeness (QED) is 0.724. The summed E-state index contributed by atoms with van der Waals surface area (Å²) < 4.78 is 0. The van der Waals surface area contributed by atoms with Crippen LogP contribution in [0.25, 0.3) is 0 Å². The monoisotopic (exact) mass is 200 g/mol. The van der Waals surface area contributed by atoms with Crippen LogP contribution in [0.1, 0.15) is 20.8 Å². The van der Waals surface area contributed by atoms with Gasteiger partial charge in [0.2, 0.25) is 0 Å². The van der Waals surface area contributed by atoms with Crippen molar-refractivity contribution in [1.82, 2.24) is 9.80 Å². The molecule has 0 saturated carbocycles. The topological polar surface area (TPSA) is 26.7 Å². The third-order valence-electron chi connectivity index (χ3n) is 3.38. The molecule has 1 unspecified atom stereocenters. The fourth-order valence-corrected chi connectivity index (χ4v) is 1.64. The van der Waals surface area contributed by atoms with Gasteiger partial charge in [0.25, 0.3) is 0 Å². The number of aliphatic hydroxyl groups is 1. The number of likely N-dealkylation sites (N-methyl/N-ethyl adjacent to an activating group) is 1. The highest BCUT2D eigenvalue weighted by molar-refractivity contribution is 4.82. The molecule has 84 valence electrons. The summed E-state index contributed by atoms with van der Waals surface area (Å²) in [6.45, 7) is 11.3. The van der Waals surface area contributed by atoms with E-state index in [1.807, 2.05) is 6.92 Å². The van der Waals surface area contributed by atoms with Gasteiger partial charge in [-0.15, -0.1) is 0 Å². The molecule has 0 spiro atoms. The summed E-state index contributed by atoms with van der Waals surface area (Å²) in [7, 11) is 2.15. The van der Waals surface area contributed by atoms with Crippen LogP contribution in [0, 0.1) is 5.92 Å². The van der Waals surface area contributed by atoms with Crippen molar-refractivity contribution in [2.45, 2.75) is 26.4 Å². The molecule has 1 aliphatic heterocycles. The lowest BCUT2D eigenvalue weighted by Gasteiger charge is -2.38. The first-order valence-corrected chi connectivity index (χ1v) is 5.55. The van der Waals surface area contributed by atoms with Crippen molar-refractivity contribution in [2.24, 2.45) is 5.92 Å². The molecule has 14 heavy (non-hydrogen) atoms. The first-order valence-electron chi connectivity index (χ1n) is 5.55. The van der Waals surface area contributed by atoms with Gasteiger partial charge in [-0.05, 0) is 19.9 Å². The zero-order chi connectivity index (χ0) is 10.8. The predicted molar refractivity (Wildman–Crippen MR) is 59.4 cm³/mol. The van der Waals surface area contributed by atoms with Gasteiger partial charge in [-0.1, -0.05) is 13.8 Å². The first-order chi connectivity index (χ1) is 6.42. The maximum Gasteiger partial charge on any atom is 0.0768 e. The summed E-state index contributed by atoms with van der Waals surface area (Å²) in [4.78, 5) is 4.70. The number of nitrogens with zero attached hydrogens (tertiary/aromatic N) is 2. The summed E-state index contributed by atoms with van der Waals surface area (Å²) >= 11 is 0. The molecular formula is C11H24N2O. The molecule has 3 nitrogen and oxygen atoms in total. The summed E-state index contributed by atoms with van der Waals surface area (Å²) in [5.74, 6) is 0.321. The number of hydrogen-bond donors (Lipinski definition) is 1. The maximum absolute atomic E-state index is 10.2. The van der Waals surface area contributed by atoms with E-state index in [9.17, 15) is 5.11 Å². The molecule has 0 aliphatic carbocycles. The van der Waals surface area contributed by atoms with Crippen molar-refractivity contribution in [3.8, 4) is 0 Å². The molecular weight excluding hydrogens is 176 g/mol. The van der Waals surface area contributed by atoms with Crippen LogP contribution in [0.3, 0.4) is 0 Å². The van der Waals surface area contributed by atoms with Gasteiger partial charge >= 0.3 is 0 Å². The van der Waals surface area contributed by atoms with Crippen LogP contribution in [0.5, 0.6) is 0 Å². The average molecular weight is 200 g/mol. The number of hydrogen-bond acceptors (Lipinski definition) is 3. The highest BCUT2D eigenvalue weighted by atomic mass is 16.3. The van der Waals surface area contributed by atoms with Crippen LogP contribution >= 0.6 is 0 Å². The molecule has 1 aliphatic rings. The second kappa shape index (κ2) is 4.60. The van der Waals surface area contributed by atoms with E-state index in [-0.39, 0.29) is 0 Å². The Kier molecular flexibility index (Phi) is 3.93. The van der Waals surface area contributed by atoms with Gasteiger partial charge < -0.3 is 10.0 Å². The van der Waals surface area contributed by atoms with E-state index in [0.29, 0.717) is 5.92 Å². The van der Waals surface area contributed by atoms with Gasteiger partial charge in [0, 0.05) is 32.7 Å². The smallest absolute Gasteiger partial charge is 0.0768 e. The molecule has 0 aromatic carbocycles. The molecule has 0 aromatic heterocycles. The van der Waals surface area contributed by atoms with Crippen LogP contribution in [-0.2, 0) is 0 Å². The summed E-state index contributed by atoms with van der Waals surface area (Å²) in [5, 5.41) is 10.2. The van der Waals surface area contributed by atoms with Crippen molar-refractivity contribution in [3.05, 3.63) is 0 Å². The molecule has 1 heterocycles. The minimum atomic E-state index is -0.546. The third kappa shape index (κ3) is 3.23. The van der Waals surface area contributed by atoms with Gasteiger partial charge in [0.1, 0.15) is 0 Å². The third-order valence-corrected chi connectivity index (χ3v) is 3.38. The fourth-order valence-electron chi connectivity index (χ4n) is 1.64. The Morgan fingerprint density at radius 3 is 2.14 bits per heavy atom. The first kappa shape index (κ1) is 12.0. The molecule has 0 bridgehead atoms. The predicted octanol–water partition coefficient (Wildman–Crippen LogP) is 0.641. The lowest BCUT2D eigenvalue weighted by molar-refractivity contribution is -0.0274. The van der Waals surface area contributed by atoms with Crippen LogP contribution in [0.15, 0.2) is 0 Å². The fraction of sp³-hybridized carbons (Fsp3) is 1.00. The highest BCUT2D eigenvalue weighted by Crippen LogP contribution is 2.18. The van der Waals surface area contributed by atoms with Gasteiger partial charge in [-0.2, -0.15) is 0 Å². The molecule has 1 rings (SSSR count). The van der Waals surface area contributed by atoms with Crippen LogP contribution in [-0.4, -0.2) is 60.3 Å². The largest absolute Gasteiger partial charge is 0.389 e. The summed E-state index contributed by atoms with van der Waals surface area (Å²) in [5.41, 5.74) is -0.546. The molecule has 1 fully saturated rings. The zero-order valence-corrected chi connectivity index (χ0v) is 9.95. The second-order valence-electron chi connectivity index (χ2n) is 5.09. The van der Waals surface area contributed by atoms with Crippen LogP contribution < -0.4 is 0 Å². The van der Waals surface area contributed by atoms with Gasteiger partial charge in [-0.25, -0.2) is 0 Å². The van der Waals surface area contributed by atoms with Gasteiger partial charge in [0.05, 0.1) is 5.60 Å². The van der Waals surface area contributed by atoms with Crippen molar-refractivity contribution in [1.29, 1.82) is 0 Å². The van der Waals surface area contributed by atoms with Crippen LogP contribution in [0.2, 0.25) is 0 Å². The van der Waals surface area contributed by atoms with Crippen molar-refractivity contribution in [3.63, 3.8) is 0 Å². The standard InChI is InChI=1S/C11H24N2O/c1-10(2)11(3,14)9-13-7-5-12(4)6-8-13/h10,14H,5-9H2,1-4H3. The van der Waals surface area contributed by atoms with E-state index in [1.165, 1.54) is 0 Å². The van der Waals surface area contributed by atoms with Crippen LogP contribution in [0.4, 0.5) is 0 Å². The molecule has 0 radical (unpaired) electrons. The molecule has 0 amide bonds. The van der Waals surface area contributed by atoms with Gasteiger partial charge in [-0.3, -0.25) is 4.90 Å². The Labute approximate surface area is 87.7 Å². The highest BCUT2D eigenvalue weighted by Gasteiger charge is 2.28. The number of β-amino-alcohol motifs (C(OH)–C–C–N with tert-alkyl or cyclic N) is 1. The normalized spacial score (nSPS) is 25.3. The van der Waals surface area contributed by atoms with Crippen molar-refractivity contribution in [2.75, 3.05) is 39.8 Å². The lowest BCUT2D eigenvalue weighted by atomic mass is 9.92. The summed E-state index contributed by atoms with van der Waals surface area (Å²) in [6, 6.07) is 0. The minimum Gasteiger partial charge on any atom is -0.389 e. The van der Waals surface area contributed by atoms with E-state index in [2.05, 4.69) is 30.7 Å². The Hall–Kier alpha value is -0.120. The SMILES string of the molecule is CC(C)C(C)(O)CN1CCN(C)CC1. The Morgan fingerprint density at radius 2 is 1.71 bits per heavy atom. The number of piperazine rings is 1. The lowest BCUT2D eigenvalue weighted by Crippen LogP contribution is -2.51. The second-order valence-corrected chi connectivity index (χ2v) is 5.09. The Balaban J connectivity index is 2.37. The maximum atomic E-state index is 10.2. The average Bonchev–Trinajstić information content (AvgIpc) is 2.08. The minimum absolute atomic E-state index is 0.321. The van der Waals surface area contributed by atoms with Gasteiger partial charge in [0.15, 0.2) is 0 Å². The molecule has 3 heteroatoms. The molecule has 1 atom stereocenters.